The number of nitrogens with zero attached hydrogens (tertiary/aromatic N) is 4. The van der Waals surface area contributed by atoms with Gasteiger partial charge in [0.1, 0.15) is 23.7 Å². The van der Waals surface area contributed by atoms with Crippen LogP contribution in [-0.2, 0) is 14.3 Å². The first-order valence-electron chi connectivity index (χ1n) is 20.4. The standard InChI is InChI=1S/C45H54FN7O6/c1-27-21-32(22-28(2)35(27)24-47)59-43-44(3,4)42(45(43,5)6)50-39(55)29-7-9-30(10-8-29)53-19-20-58-33(26-53)25-51-15-17-52(18-16-51)31-11-12-34(36(46)23-31)40(56)48-37-13-14-38(54)49-41(37)57/h7-12,21-23,33,37,42-43H,13-20,25-26H2,1-6H3,(H,48,56)(H,50,55)(H,49,54,57)/t33-,37+,42?,43?/m0/s1. The number of morpholine rings is 1. The summed E-state index contributed by atoms with van der Waals surface area (Å²) in [6.07, 6.45) is 0.143. The number of piperidine rings is 1. The fourth-order valence-corrected chi connectivity index (χ4v) is 9.64. The SMILES string of the molecule is Cc1cc(OC2C(C)(C)C(NC(=O)c3ccc(N4CCO[C@@H](CN5CCN(c6ccc(C(=O)N[C@@H]7CCC(=O)NC7=O)c(F)c6)CC5)C4)cc3)C2(C)C)cc(C)c1C#N. The maximum absolute atomic E-state index is 15.1. The molecule has 1 aliphatic carbocycles. The number of anilines is 2. The molecule has 0 bridgehead atoms. The zero-order valence-corrected chi connectivity index (χ0v) is 34.7. The molecule has 0 unspecified atom stereocenters. The molecule has 0 aromatic heterocycles. The molecule has 0 spiro atoms. The van der Waals surface area contributed by atoms with Crippen LogP contribution < -0.4 is 30.5 Å². The molecule has 0 radical (unpaired) electrons. The number of ether oxygens (including phenoxy) is 2. The second kappa shape index (κ2) is 16.6. The van der Waals surface area contributed by atoms with E-state index >= 15 is 4.39 Å². The zero-order chi connectivity index (χ0) is 42.2. The summed E-state index contributed by atoms with van der Waals surface area (Å²) >= 11 is 0. The number of rotatable bonds is 10. The van der Waals surface area contributed by atoms with Crippen LogP contribution >= 0.6 is 0 Å². The van der Waals surface area contributed by atoms with Crippen molar-refractivity contribution in [3.05, 3.63) is 88.2 Å². The first-order chi connectivity index (χ1) is 28.0. The Labute approximate surface area is 345 Å². The summed E-state index contributed by atoms with van der Waals surface area (Å²) in [6.45, 7) is 18.0. The lowest BCUT2D eigenvalue weighted by molar-refractivity contribution is -0.164. The van der Waals surface area contributed by atoms with Gasteiger partial charge in [-0.2, -0.15) is 5.26 Å². The first kappa shape index (κ1) is 41.6. The highest BCUT2D eigenvalue weighted by Gasteiger charge is 2.64. The second-order valence-electron chi connectivity index (χ2n) is 17.5. The highest BCUT2D eigenvalue weighted by atomic mass is 19.1. The van der Waals surface area contributed by atoms with Crippen LogP contribution in [0.25, 0.3) is 0 Å². The van der Waals surface area contributed by atoms with Crippen molar-refractivity contribution in [1.29, 1.82) is 5.26 Å². The fourth-order valence-electron chi connectivity index (χ4n) is 9.64. The van der Waals surface area contributed by atoms with Gasteiger partial charge in [0.15, 0.2) is 0 Å². The van der Waals surface area contributed by atoms with E-state index in [1.54, 1.807) is 6.07 Å². The number of carbonyl (C=O) groups excluding carboxylic acids is 4. The fraction of sp³-hybridized carbons (Fsp3) is 0.489. The molecule has 4 aliphatic rings. The molecule has 312 valence electrons. The smallest absolute Gasteiger partial charge is 0.254 e. The minimum Gasteiger partial charge on any atom is -0.489 e. The molecule has 7 rings (SSSR count). The number of nitrogens with one attached hydrogen (secondary N) is 3. The van der Waals surface area contributed by atoms with Crippen molar-refractivity contribution in [3.8, 4) is 11.8 Å². The van der Waals surface area contributed by atoms with Gasteiger partial charge in [0.2, 0.25) is 11.8 Å². The molecule has 3 N–H and O–H groups in total. The van der Waals surface area contributed by atoms with Crippen molar-refractivity contribution < 1.29 is 33.0 Å². The van der Waals surface area contributed by atoms with Gasteiger partial charge in [0, 0.05) is 86.0 Å². The van der Waals surface area contributed by atoms with E-state index < -0.39 is 23.7 Å². The lowest BCUT2D eigenvalue weighted by Crippen LogP contribution is -2.74. The van der Waals surface area contributed by atoms with Gasteiger partial charge < -0.3 is 29.9 Å². The minimum absolute atomic E-state index is 0.00626. The average Bonchev–Trinajstić information content (AvgIpc) is 3.20. The third-order valence-corrected chi connectivity index (χ3v) is 12.6. The predicted octanol–water partition coefficient (Wildman–Crippen LogP) is 4.49. The number of benzene rings is 3. The van der Waals surface area contributed by atoms with Gasteiger partial charge in [-0.05, 0) is 86.0 Å². The Morgan fingerprint density at radius 1 is 0.898 bits per heavy atom. The Hall–Kier alpha value is -5.52. The summed E-state index contributed by atoms with van der Waals surface area (Å²) < 4.78 is 27.8. The minimum atomic E-state index is -0.877. The van der Waals surface area contributed by atoms with Gasteiger partial charge in [-0.25, -0.2) is 4.39 Å². The van der Waals surface area contributed by atoms with Crippen molar-refractivity contribution in [3.63, 3.8) is 0 Å². The highest BCUT2D eigenvalue weighted by Crippen LogP contribution is 2.55. The lowest BCUT2D eigenvalue weighted by atomic mass is 9.49. The molecule has 59 heavy (non-hydrogen) atoms. The normalized spacial score (nSPS) is 24.0. The number of carbonyl (C=O) groups is 4. The number of hydrogen-bond donors (Lipinski definition) is 3. The van der Waals surface area contributed by atoms with Crippen molar-refractivity contribution in [1.82, 2.24) is 20.9 Å². The monoisotopic (exact) mass is 807 g/mol. The number of nitriles is 1. The van der Waals surface area contributed by atoms with Crippen LogP contribution in [0.3, 0.4) is 0 Å². The maximum atomic E-state index is 15.1. The summed E-state index contributed by atoms with van der Waals surface area (Å²) in [5.41, 5.74) is 3.92. The summed E-state index contributed by atoms with van der Waals surface area (Å²) in [5.74, 6) is -1.73. The van der Waals surface area contributed by atoms with Crippen LogP contribution in [0.2, 0.25) is 0 Å². The van der Waals surface area contributed by atoms with E-state index in [-0.39, 0.29) is 59.3 Å². The first-order valence-corrected chi connectivity index (χ1v) is 20.4. The van der Waals surface area contributed by atoms with Gasteiger partial charge in [-0.15, -0.1) is 0 Å². The molecule has 4 fully saturated rings. The Kier molecular flexibility index (Phi) is 11.7. The van der Waals surface area contributed by atoms with E-state index in [4.69, 9.17) is 9.47 Å². The van der Waals surface area contributed by atoms with E-state index in [0.29, 0.717) is 43.1 Å². The van der Waals surface area contributed by atoms with Gasteiger partial charge in [-0.1, -0.05) is 27.7 Å². The van der Waals surface area contributed by atoms with Gasteiger partial charge in [0.25, 0.3) is 11.8 Å². The van der Waals surface area contributed by atoms with E-state index in [0.717, 1.165) is 48.7 Å². The van der Waals surface area contributed by atoms with Gasteiger partial charge >= 0.3 is 0 Å². The number of halogens is 1. The molecular formula is C45H54FN7O6. The summed E-state index contributed by atoms with van der Waals surface area (Å²) in [6, 6.07) is 17.4. The van der Waals surface area contributed by atoms with Gasteiger partial charge in [0.05, 0.1) is 29.9 Å². The quantitative estimate of drug-likeness (QED) is 0.250. The maximum Gasteiger partial charge on any atom is 0.254 e. The van der Waals surface area contributed by atoms with Crippen LogP contribution in [0.5, 0.6) is 5.75 Å². The molecule has 2 atom stereocenters. The predicted molar refractivity (Wildman–Crippen MR) is 221 cm³/mol. The van der Waals surface area contributed by atoms with Crippen LogP contribution in [0.1, 0.15) is 77.9 Å². The van der Waals surface area contributed by atoms with Crippen molar-refractivity contribution in [2.45, 2.75) is 78.7 Å². The molecule has 4 amide bonds. The van der Waals surface area contributed by atoms with E-state index in [1.807, 2.05) is 50.2 Å². The van der Waals surface area contributed by atoms with Crippen LogP contribution in [0.15, 0.2) is 54.6 Å². The molecule has 14 heteroatoms. The Bertz CT molecular complexity index is 2120. The van der Waals surface area contributed by atoms with Crippen LogP contribution in [-0.4, -0.2) is 105 Å². The van der Waals surface area contributed by atoms with Crippen molar-refractivity contribution >= 4 is 35.0 Å². The average molecular weight is 808 g/mol. The number of piperazine rings is 1. The lowest BCUT2D eigenvalue weighted by Gasteiger charge is -2.63. The van der Waals surface area contributed by atoms with E-state index in [2.05, 4.69) is 64.4 Å². The van der Waals surface area contributed by atoms with Crippen LogP contribution in [0, 0.1) is 41.8 Å². The molecule has 3 aromatic rings. The molecule has 13 nitrogen and oxygen atoms in total. The van der Waals surface area contributed by atoms with Crippen molar-refractivity contribution in [2.75, 3.05) is 62.2 Å². The topological polar surface area (TPSA) is 156 Å². The largest absolute Gasteiger partial charge is 0.489 e. The summed E-state index contributed by atoms with van der Waals surface area (Å²) in [7, 11) is 0. The molecular weight excluding hydrogens is 754 g/mol. The second-order valence-corrected chi connectivity index (χ2v) is 17.5. The Balaban J connectivity index is 0.879. The molecule has 1 saturated carbocycles. The molecule has 3 saturated heterocycles. The third kappa shape index (κ3) is 8.63. The molecule has 3 aliphatic heterocycles. The number of aryl methyl sites for hydroxylation is 2. The molecule has 3 heterocycles. The Morgan fingerprint density at radius 2 is 1.56 bits per heavy atom. The summed E-state index contributed by atoms with van der Waals surface area (Å²) in [4.78, 5) is 56.5. The zero-order valence-electron chi connectivity index (χ0n) is 34.7. The van der Waals surface area contributed by atoms with Crippen LogP contribution in [0.4, 0.5) is 15.8 Å². The molecule has 3 aromatic carbocycles. The third-order valence-electron chi connectivity index (χ3n) is 12.6. The number of hydrogen-bond acceptors (Lipinski definition) is 10. The van der Waals surface area contributed by atoms with Gasteiger partial charge in [-0.3, -0.25) is 29.4 Å². The number of imide groups is 1. The summed E-state index contributed by atoms with van der Waals surface area (Å²) in [5, 5.41) is 17.5. The van der Waals surface area contributed by atoms with Crippen molar-refractivity contribution in [2.24, 2.45) is 10.8 Å². The Morgan fingerprint density at radius 3 is 2.19 bits per heavy atom. The number of amides is 4. The van der Waals surface area contributed by atoms with E-state index in [9.17, 15) is 24.4 Å². The van der Waals surface area contributed by atoms with E-state index in [1.165, 1.54) is 12.1 Å². The highest BCUT2D eigenvalue weighted by molar-refractivity contribution is 6.04.